The molecule has 0 aliphatic heterocycles. The molecular formula is C18H25ClN4OS. The zero-order valence-electron chi connectivity index (χ0n) is 14.2. The van der Waals surface area contributed by atoms with Crippen molar-refractivity contribution in [1.29, 1.82) is 0 Å². The van der Waals surface area contributed by atoms with E-state index in [0.717, 1.165) is 28.4 Å². The van der Waals surface area contributed by atoms with E-state index < -0.39 is 0 Å². The van der Waals surface area contributed by atoms with Gasteiger partial charge in [0.15, 0.2) is 0 Å². The standard InChI is InChI=1S/C18H24N4OS.ClH/c19-13-18(9-5-2-6-10-18)11-15(23)20-12-16-21-22-17(24-16)14-7-3-1-4-8-14;/h1,3-4,7-8H,2,5-6,9-13,19H2,(H,20,23);1H. The first kappa shape index (κ1) is 19.8. The van der Waals surface area contributed by atoms with Crippen LogP contribution >= 0.6 is 23.7 Å². The van der Waals surface area contributed by atoms with Crippen molar-refractivity contribution in [2.45, 2.75) is 45.1 Å². The molecule has 0 bridgehead atoms. The molecule has 25 heavy (non-hydrogen) atoms. The maximum Gasteiger partial charge on any atom is 0.220 e. The Hall–Kier alpha value is -1.50. The van der Waals surface area contributed by atoms with E-state index in [1.54, 1.807) is 0 Å². The lowest BCUT2D eigenvalue weighted by Gasteiger charge is -2.35. The van der Waals surface area contributed by atoms with Crippen LogP contribution in [-0.4, -0.2) is 22.6 Å². The molecule has 0 saturated heterocycles. The lowest BCUT2D eigenvalue weighted by Crippen LogP contribution is -2.38. The minimum atomic E-state index is -0.00133. The molecule has 1 aliphatic carbocycles. The number of benzene rings is 1. The van der Waals surface area contributed by atoms with Crippen LogP contribution < -0.4 is 11.1 Å². The quantitative estimate of drug-likeness (QED) is 0.803. The Balaban J connectivity index is 0.00000225. The average molecular weight is 381 g/mol. The fourth-order valence-electron chi connectivity index (χ4n) is 3.35. The highest BCUT2D eigenvalue weighted by Crippen LogP contribution is 2.38. The molecule has 3 N–H and O–H groups in total. The first-order valence-corrected chi connectivity index (χ1v) is 9.37. The molecule has 1 aliphatic rings. The summed E-state index contributed by atoms with van der Waals surface area (Å²) in [5.74, 6) is 0.0683. The molecule has 1 aromatic heterocycles. The highest BCUT2D eigenvalue weighted by atomic mass is 35.5. The van der Waals surface area contributed by atoms with E-state index in [2.05, 4.69) is 15.5 Å². The molecule has 0 atom stereocenters. The van der Waals surface area contributed by atoms with Crippen molar-refractivity contribution < 1.29 is 4.79 Å². The molecule has 1 aromatic carbocycles. The summed E-state index contributed by atoms with van der Waals surface area (Å²) in [6.45, 7) is 1.03. The lowest BCUT2D eigenvalue weighted by atomic mass is 9.72. The summed E-state index contributed by atoms with van der Waals surface area (Å²) in [5.41, 5.74) is 7.01. The van der Waals surface area contributed by atoms with Crippen LogP contribution in [0.1, 0.15) is 43.5 Å². The number of halogens is 1. The number of nitrogens with one attached hydrogen (secondary N) is 1. The van der Waals surface area contributed by atoms with E-state index in [1.165, 1.54) is 30.6 Å². The number of nitrogens with zero attached hydrogens (tertiary/aromatic N) is 2. The summed E-state index contributed by atoms with van der Waals surface area (Å²) < 4.78 is 0. The molecule has 5 nitrogen and oxygen atoms in total. The third-order valence-corrected chi connectivity index (χ3v) is 5.78. The third-order valence-electron chi connectivity index (χ3n) is 4.81. The summed E-state index contributed by atoms with van der Waals surface area (Å²) in [7, 11) is 0. The second kappa shape index (κ2) is 9.27. The van der Waals surface area contributed by atoms with E-state index in [0.29, 0.717) is 19.5 Å². The highest BCUT2D eigenvalue weighted by Gasteiger charge is 2.32. The van der Waals surface area contributed by atoms with Crippen molar-refractivity contribution in [2.24, 2.45) is 11.1 Å². The zero-order valence-corrected chi connectivity index (χ0v) is 15.9. The summed E-state index contributed by atoms with van der Waals surface area (Å²) in [6.07, 6.45) is 6.27. The fraction of sp³-hybridized carbons (Fsp3) is 0.500. The van der Waals surface area contributed by atoms with Gasteiger partial charge in [-0.3, -0.25) is 4.79 Å². The largest absolute Gasteiger partial charge is 0.349 e. The molecule has 0 unspecified atom stereocenters. The normalized spacial score (nSPS) is 16.0. The number of rotatable bonds is 6. The van der Waals surface area contributed by atoms with Crippen molar-refractivity contribution in [1.82, 2.24) is 15.5 Å². The van der Waals surface area contributed by atoms with Crippen molar-refractivity contribution in [2.75, 3.05) is 6.54 Å². The van der Waals surface area contributed by atoms with Gasteiger partial charge in [-0.2, -0.15) is 0 Å². The summed E-state index contributed by atoms with van der Waals surface area (Å²) in [6, 6.07) is 9.96. The Morgan fingerprint density at radius 1 is 1.16 bits per heavy atom. The zero-order chi connectivity index (χ0) is 16.8. The predicted molar refractivity (Wildman–Crippen MR) is 104 cm³/mol. The first-order valence-electron chi connectivity index (χ1n) is 8.55. The van der Waals surface area contributed by atoms with Gasteiger partial charge in [0.25, 0.3) is 0 Å². The molecule has 2 aromatic rings. The summed E-state index contributed by atoms with van der Waals surface area (Å²) >= 11 is 1.52. The average Bonchev–Trinajstić information content (AvgIpc) is 3.11. The van der Waals surface area contributed by atoms with Crippen LogP contribution in [0.4, 0.5) is 0 Å². The molecule has 3 rings (SSSR count). The smallest absolute Gasteiger partial charge is 0.220 e. The van der Waals surface area contributed by atoms with Gasteiger partial charge in [-0.1, -0.05) is 60.9 Å². The van der Waals surface area contributed by atoms with E-state index in [-0.39, 0.29) is 23.7 Å². The van der Waals surface area contributed by atoms with Crippen LogP contribution in [0.25, 0.3) is 10.6 Å². The Kier molecular flexibility index (Phi) is 7.35. The number of hydrogen-bond donors (Lipinski definition) is 2. The highest BCUT2D eigenvalue weighted by molar-refractivity contribution is 7.14. The minimum absolute atomic E-state index is 0. The van der Waals surface area contributed by atoms with Crippen LogP contribution in [0, 0.1) is 5.41 Å². The van der Waals surface area contributed by atoms with Gasteiger partial charge < -0.3 is 11.1 Å². The number of amides is 1. The van der Waals surface area contributed by atoms with Gasteiger partial charge >= 0.3 is 0 Å². The Morgan fingerprint density at radius 3 is 2.56 bits per heavy atom. The summed E-state index contributed by atoms with van der Waals surface area (Å²) in [5, 5.41) is 13.1. The number of carbonyl (C=O) groups is 1. The maximum atomic E-state index is 12.3. The van der Waals surface area contributed by atoms with Gasteiger partial charge in [-0.25, -0.2) is 0 Å². The lowest BCUT2D eigenvalue weighted by molar-refractivity contribution is -0.124. The van der Waals surface area contributed by atoms with Crippen LogP contribution in [0.2, 0.25) is 0 Å². The predicted octanol–water partition coefficient (Wildman–Crippen LogP) is 3.54. The van der Waals surface area contributed by atoms with Crippen molar-refractivity contribution >= 4 is 29.7 Å². The monoisotopic (exact) mass is 380 g/mol. The van der Waals surface area contributed by atoms with Crippen LogP contribution in [0.5, 0.6) is 0 Å². The third kappa shape index (κ3) is 5.23. The van der Waals surface area contributed by atoms with Gasteiger partial charge in [0.2, 0.25) is 5.91 Å². The molecule has 7 heteroatoms. The van der Waals surface area contributed by atoms with E-state index >= 15 is 0 Å². The number of aromatic nitrogens is 2. The molecule has 136 valence electrons. The van der Waals surface area contributed by atoms with E-state index in [4.69, 9.17) is 5.73 Å². The Morgan fingerprint density at radius 2 is 1.88 bits per heavy atom. The van der Waals surface area contributed by atoms with Crippen molar-refractivity contribution in [3.63, 3.8) is 0 Å². The van der Waals surface area contributed by atoms with Crippen molar-refractivity contribution in [3.05, 3.63) is 35.3 Å². The molecular weight excluding hydrogens is 356 g/mol. The molecule has 1 amide bonds. The molecule has 1 heterocycles. The van der Waals surface area contributed by atoms with Gasteiger partial charge in [0, 0.05) is 12.0 Å². The van der Waals surface area contributed by atoms with Crippen LogP contribution in [0.3, 0.4) is 0 Å². The maximum absolute atomic E-state index is 12.3. The van der Waals surface area contributed by atoms with Crippen LogP contribution in [0.15, 0.2) is 30.3 Å². The fourth-order valence-corrected chi connectivity index (χ4v) is 4.14. The number of nitrogens with two attached hydrogens (primary N) is 1. The number of carbonyl (C=O) groups excluding carboxylic acids is 1. The van der Waals surface area contributed by atoms with Gasteiger partial charge in [-0.05, 0) is 24.8 Å². The Bertz CT molecular complexity index is 671. The van der Waals surface area contributed by atoms with Gasteiger partial charge in [0.1, 0.15) is 10.0 Å². The van der Waals surface area contributed by atoms with E-state index in [1.807, 2.05) is 30.3 Å². The van der Waals surface area contributed by atoms with Gasteiger partial charge in [-0.15, -0.1) is 22.6 Å². The number of hydrogen-bond acceptors (Lipinski definition) is 5. The van der Waals surface area contributed by atoms with Crippen molar-refractivity contribution in [3.8, 4) is 10.6 Å². The minimum Gasteiger partial charge on any atom is -0.349 e. The van der Waals surface area contributed by atoms with Crippen LogP contribution in [-0.2, 0) is 11.3 Å². The Labute approximate surface area is 158 Å². The topological polar surface area (TPSA) is 80.9 Å². The van der Waals surface area contributed by atoms with E-state index in [9.17, 15) is 4.79 Å². The SMILES string of the molecule is Cl.NCC1(CC(=O)NCc2nnc(-c3ccccc3)s2)CCCCC1. The summed E-state index contributed by atoms with van der Waals surface area (Å²) in [4.78, 5) is 12.3. The molecule has 0 spiro atoms. The second-order valence-electron chi connectivity index (χ2n) is 6.59. The first-order chi connectivity index (χ1) is 11.7. The molecule has 1 fully saturated rings. The molecule has 1 saturated carbocycles. The second-order valence-corrected chi connectivity index (χ2v) is 7.65. The molecule has 0 radical (unpaired) electrons. The van der Waals surface area contributed by atoms with Gasteiger partial charge in [0.05, 0.1) is 6.54 Å².